The number of carbonyl (C=O) groups is 2. The fraction of sp³-hybridized carbons (Fsp3) is 0.167. The van der Waals surface area contributed by atoms with Crippen LogP contribution in [-0.2, 0) is 11.3 Å². The fourth-order valence-corrected chi connectivity index (χ4v) is 3.41. The van der Waals surface area contributed by atoms with Crippen molar-refractivity contribution in [3.05, 3.63) is 90.0 Å². The third-order valence-electron chi connectivity index (χ3n) is 5.05. The summed E-state index contributed by atoms with van der Waals surface area (Å²) in [5.41, 5.74) is 4.89. The summed E-state index contributed by atoms with van der Waals surface area (Å²) in [7, 11) is 0. The van der Waals surface area contributed by atoms with Crippen molar-refractivity contribution in [3.63, 3.8) is 0 Å². The third kappa shape index (κ3) is 4.63. The lowest BCUT2D eigenvalue weighted by Crippen LogP contribution is -2.47. The zero-order valence-electron chi connectivity index (χ0n) is 16.1. The largest absolute Gasteiger partial charge is 0.360 e. The van der Waals surface area contributed by atoms with E-state index in [0.29, 0.717) is 25.2 Å². The van der Waals surface area contributed by atoms with Crippen molar-refractivity contribution in [3.8, 4) is 11.1 Å². The Bertz CT molecular complexity index is 983. The maximum absolute atomic E-state index is 12.5. The van der Waals surface area contributed by atoms with Crippen molar-refractivity contribution in [2.45, 2.75) is 6.54 Å². The molecular formula is C24H23N3O2. The lowest BCUT2D eigenvalue weighted by Gasteiger charge is -2.28. The van der Waals surface area contributed by atoms with Gasteiger partial charge in [-0.05, 0) is 41.0 Å². The van der Waals surface area contributed by atoms with E-state index in [2.05, 4.69) is 27.7 Å². The Balaban J connectivity index is 1.34. The molecule has 0 saturated carbocycles. The van der Waals surface area contributed by atoms with Gasteiger partial charge in [0.2, 0.25) is 5.91 Å². The Morgan fingerprint density at radius 1 is 0.897 bits per heavy atom. The Kier molecular flexibility index (Phi) is 5.56. The Labute approximate surface area is 170 Å². The molecule has 0 radical (unpaired) electrons. The molecule has 0 spiro atoms. The number of anilines is 1. The van der Waals surface area contributed by atoms with Gasteiger partial charge in [-0.25, -0.2) is 0 Å². The number of amides is 2. The number of rotatable bonds is 5. The molecule has 5 nitrogen and oxygen atoms in total. The molecule has 1 aliphatic heterocycles. The van der Waals surface area contributed by atoms with E-state index >= 15 is 0 Å². The van der Waals surface area contributed by atoms with Crippen molar-refractivity contribution in [2.75, 3.05) is 24.5 Å². The van der Waals surface area contributed by atoms with Gasteiger partial charge in [-0.1, -0.05) is 54.6 Å². The highest BCUT2D eigenvalue weighted by atomic mass is 16.2. The van der Waals surface area contributed by atoms with Crippen LogP contribution in [0.15, 0.2) is 78.9 Å². The average Bonchev–Trinajstić information content (AvgIpc) is 2.78. The normalized spacial score (nSPS) is 13.7. The molecule has 4 rings (SSSR count). The van der Waals surface area contributed by atoms with Crippen molar-refractivity contribution in [1.29, 1.82) is 0 Å². The average molecular weight is 385 g/mol. The number of piperazine rings is 1. The van der Waals surface area contributed by atoms with E-state index in [4.69, 9.17) is 0 Å². The molecule has 0 unspecified atom stereocenters. The summed E-state index contributed by atoms with van der Waals surface area (Å²) in [4.78, 5) is 26.0. The minimum Gasteiger partial charge on any atom is -0.360 e. The molecule has 3 aromatic carbocycles. The predicted octanol–water partition coefficient (Wildman–Crippen LogP) is 3.22. The van der Waals surface area contributed by atoms with Crippen LogP contribution in [0.4, 0.5) is 5.69 Å². The van der Waals surface area contributed by atoms with E-state index in [1.807, 2.05) is 66.7 Å². The zero-order chi connectivity index (χ0) is 20.1. The van der Waals surface area contributed by atoms with Gasteiger partial charge in [0.15, 0.2) is 0 Å². The first-order chi connectivity index (χ1) is 14.2. The maximum atomic E-state index is 12.5. The number of nitrogens with one attached hydrogen (secondary N) is 2. The highest BCUT2D eigenvalue weighted by molar-refractivity contribution is 5.94. The molecule has 1 aliphatic rings. The van der Waals surface area contributed by atoms with Crippen LogP contribution in [0.2, 0.25) is 0 Å². The molecule has 29 heavy (non-hydrogen) atoms. The molecule has 1 fully saturated rings. The topological polar surface area (TPSA) is 61.4 Å². The van der Waals surface area contributed by atoms with Gasteiger partial charge >= 0.3 is 0 Å². The molecule has 0 bridgehead atoms. The van der Waals surface area contributed by atoms with Gasteiger partial charge in [0.05, 0.1) is 6.54 Å². The van der Waals surface area contributed by atoms with E-state index in [9.17, 15) is 9.59 Å². The summed E-state index contributed by atoms with van der Waals surface area (Å²) in [5, 5.41) is 5.79. The summed E-state index contributed by atoms with van der Waals surface area (Å²) in [6.45, 7) is 2.32. The van der Waals surface area contributed by atoms with E-state index in [0.717, 1.165) is 28.9 Å². The van der Waals surface area contributed by atoms with Gasteiger partial charge < -0.3 is 15.5 Å². The van der Waals surface area contributed by atoms with E-state index in [1.54, 1.807) is 0 Å². The second kappa shape index (κ2) is 8.61. The molecule has 146 valence electrons. The molecule has 3 aromatic rings. The van der Waals surface area contributed by atoms with Crippen LogP contribution in [0.3, 0.4) is 0 Å². The van der Waals surface area contributed by atoms with Crippen molar-refractivity contribution >= 4 is 17.5 Å². The summed E-state index contributed by atoms with van der Waals surface area (Å²) < 4.78 is 0. The summed E-state index contributed by atoms with van der Waals surface area (Å²) in [6, 6.07) is 25.7. The van der Waals surface area contributed by atoms with Crippen molar-refractivity contribution in [2.24, 2.45) is 0 Å². The Hall–Kier alpha value is -3.60. The van der Waals surface area contributed by atoms with Crippen molar-refractivity contribution < 1.29 is 9.59 Å². The Morgan fingerprint density at radius 2 is 1.59 bits per heavy atom. The molecule has 0 aromatic heterocycles. The van der Waals surface area contributed by atoms with Crippen LogP contribution in [-0.4, -0.2) is 31.4 Å². The minimum absolute atomic E-state index is 0.0471. The lowest BCUT2D eigenvalue weighted by molar-refractivity contribution is -0.120. The monoisotopic (exact) mass is 385 g/mol. The van der Waals surface area contributed by atoms with Gasteiger partial charge in [-0.15, -0.1) is 0 Å². The van der Waals surface area contributed by atoms with E-state index < -0.39 is 0 Å². The van der Waals surface area contributed by atoms with Crippen LogP contribution >= 0.6 is 0 Å². The zero-order valence-corrected chi connectivity index (χ0v) is 16.1. The van der Waals surface area contributed by atoms with E-state index in [1.165, 1.54) is 0 Å². The third-order valence-corrected chi connectivity index (χ3v) is 5.05. The smallest absolute Gasteiger partial charge is 0.251 e. The first-order valence-corrected chi connectivity index (χ1v) is 9.73. The number of hydrogen-bond donors (Lipinski definition) is 2. The lowest BCUT2D eigenvalue weighted by atomic mass is 10.0. The molecule has 1 saturated heterocycles. The molecule has 1 heterocycles. The minimum atomic E-state index is -0.0959. The molecule has 2 amide bonds. The van der Waals surface area contributed by atoms with Gasteiger partial charge in [0, 0.05) is 30.9 Å². The van der Waals surface area contributed by atoms with Crippen LogP contribution in [0, 0.1) is 0 Å². The first-order valence-electron chi connectivity index (χ1n) is 9.73. The number of nitrogens with zero attached hydrogens (tertiary/aromatic N) is 1. The Morgan fingerprint density at radius 3 is 2.28 bits per heavy atom. The predicted molar refractivity (Wildman–Crippen MR) is 115 cm³/mol. The van der Waals surface area contributed by atoms with Gasteiger partial charge in [0.25, 0.3) is 5.91 Å². The fourth-order valence-electron chi connectivity index (χ4n) is 3.41. The molecular weight excluding hydrogens is 362 g/mol. The van der Waals surface area contributed by atoms with E-state index in [-0.39, 0.29) is 11.8 Å². The maximum Gasteiger partial charge on any atom is 0.251 e. The first kappa shape index (κ1) is 18.7. The van der Waals surface area contributed by atoms with Crippen LogP contribution in [0.5, 0.6) is 0 Å². The summed E-state index contributed by atoms with van der Waals surface area (Å²) in [6.07, 6.45) is 0. The summed E-state index contributed by atoms with van der Waals surface area (Å²) >= 11 is 0. The second-order valence-corrected chi connectivity index (χ2v) is 7.06. The van der Waals surface area contributed by atoms with Gasteiger partial charge in [-0.3, -0.25) is 9.59 Å². The number of hydrogen-bond acceptors (Lipinski definition) is 3. The van der Waals surface area contributed by atoms with Gasteiger partial charge in [-0.2, -0.15) is 0 Å². The van der Waals surface area contributed by atoms with Crippen LogP contribution < -0.4 is 15.5 Å². The number of benzene rings is 3. The summed E-state index contributed by atoms with van der Waals surface area (Å²) in [5.74, 6) is -0.0488. The molecule has 2 N–H and O–H groups in total. The number of carbonyl (C=O) groups excluding carboxylic acids is 2. The SMILES string of the molecule is O=C1CN(c2ccc(CNC(=O)c3ccc(-c4ccccc4)cc3)cc2)CCN1. The highest BCUT2D eigenvalue weighted by Gasteiger charge is 2.16. The van der Waals surface area contributed by atoms with Crippen LogP contribution in [0.1, 0.15) is 15.9 Å². The van der Waals surface area contributed by atoms with Gasteiger partial charge in [0.1, 0.15) is 0 Å². The molecule has 0 aliphatic carbocycles. The second-order valence-electron chi connectivity index (χ2n) is 7.06. The van der Waals surface area contributed by atoms with Crippen LogP contribution in [0.25, 0.3) is 11.1 Å². The molecule has 0 atom stereocenters. The molecule has 5 heteroatoms. The van der Waals surface area contributed by atoms with Crippen molar-refractivity contribution in [1.82, 2.24) is 10.6 Å². The highest BCUT2D eigenvalue weighted by Crippen LogP contribution is 2.19. The quantitative estimate of drug-likeness (QED) is 0.709. The standard InChI is InChI=1S/C24H23N3O2/c28-23-17-27(15-14-25-23)22-12-6-18(7-13-22)16-26-24(29)21-10-8-20(9-11-21)19-4-2-1-3-5-19/h1-13H,14-17H2,(H,25,28)(H,26,29).